The fourth-order valence-corrected chi connectivity index (χ4v) is 4.63. The van der Waals surface area contributed by atoms with Gasteiger partial charge in [-0.05, 0) is 70.1 Å². The lowest BCUT2D eigenvalue weighted by Gasteiger charge is -2.38. The van der Waals surface area contributed by atoms with Crippen LogP contribution in [0.4, 0.5) is 11.4 Å². The summed E-state index contributed by atoms with van der Waals surface area (Å²) in [7, 11) is 6.49. The van der Waals surface area contributed by atoms with E-state index >= 15 is 0 Å². The Balaban J connectivity index is 2.01. The Morgan fingerprint density at radius 3 is 2.61 bits per heavy atom. The van der Waals surface area contributed by atoms with Crippen molar-refractivity contribution in [1.82, 2.24) is 9.38 Å². The van der Waals surface area contributed by atoms with E-state index in [9.17, 15) is 4.79 Å². The first-order valence-electron chi connectivity index (χ1n) is 14.1. The number of amides is 1. The quantitative estimate of drug-likeness (QED) is 0.123. The number of rotatable bonds is 14. The van der Waals surface area contributed by atoms with E-state index < -0.39 is 0 Å². The number of likely N-dealkylation sites (tertiary alicyclic amines) is 1. The molecule has 0 bridgehead atoms. The second-order valence-corrected chi connectivity index (χ2v) is 11.3. The van der Waals surface area contributed by atoms with Crippen LogP contribution in [0.3, 0.4) is 0 Å². The van der Waals surface area contributed by atoms with Gasteiger partial charge in [0.1, 0.15) is 5.69 Å². The first-order valence-corrected chi connectivity index (χ1v) is 14.1. The summed E-state index contributed by atoms with van der Waals surface area (Å²) >= 11 is 0. The topological polar surface area (TPSA) is 32.8 Å². The van der Waals surface area contributed by atoms with Gasteiger partial charge in [-0.1, -0.05) is 44.9 Å². The van der Waals surface area contributed by atoms with Gasteiger partial charge < -0.3 is 9.64 Å². The molecular formula is C31H52N3O2+. The smallest absolute Gasteiger partial charge is 0.241 e. The van der Waals surface area contributed by atoms with Crippen LogP contribution in [0, 0.1) is 5.92 Å². The predicted octanol–water partition coefficient (Wildman–Crippen LogP) is 6.78. The lowest BCUT2D eigenvalue weighted by atomic mass is 9.90. The van der Waals surface area contributed by atoms with Crippen LogP contribution >= 0.6 is 0 Å². The molecule has 1 saturated heterocycles. The molecule has 2 unspecified atom stereocenters. The fraction of sp³-hybridized carbons (Fsp3) is 0.645. The summed E-state index contributed by atoms with van der Waals surface area (Å²) in [5.74, 6) is 1.78. The molecule has 2 atom stereocenters. The third kappa shape index (κ3) is 10.1. The van der Waals surface area contributed by atoms with Crippen molar-refractivity contribution in [3.8, 4) is 0 Å². The number of hydrogen-bond acceptors (Lipinski definition) is 3. The number of unbranched alkanes of at least 4 members (excludes halogenated alkanes) is 2. The Morgan fingerprint density at radius 2 is 1.92 bits per heavy atom. The number of ether oxygens (including phenoxy) is 1. The largest absolute Gasteiger partial charge is 0.498 e. The van der Waals surface area contributed by atoms with Gasteiger partial charge in [0.25, 0.3) is 0 Å². The summed E-state index contributed by atoms with van der Waals surface area (Å²) in [4.78, 5) is 18.0. The molecule has 0 N–H and O–H groups in total. The Bertz CT molecular complexity index is 856. The maximum atomic E-state index is 13.6. The van der Waals surface area contributed by atoms with Gasteiger partial charge in [0.2, 0.25) is 5.91 Å². The molecule has 0 aliphatic carbocycles. The fourth-order valence-electron chi connectivity index (χ4n) is 4.63. The highest BCUT2D eigenvalue weighted by atomic mass is 16.5. The van der Waals surface area contributed by atoms with Gasteiger partial charge in [-0.3, -0.25) is 14.2 Å². The predicted molar refractivity (Wildman–Crippen MR) is 155 cm³/mol. The Kier molecular flexibility index (Phi) is 12.7. The minimum Gasteiger partial charge on any atom is -0.498 e. The van der Waals surface area contributed by atoms with E-state index in [4.69, 9.17) is 4.74 Å². The normalized spacial score (nSPS) is 19.6. The molecule has 5 heteroatoms. The Hall–Kier alpha value is -2.11. The summed E-state index contributed by atoms with van der Waals surface area (Å²) < 4.78 is 6.46. The van der Waals surface area contributed by atoms with Gasteiger partial charge in [-0.15, -0.1) is 0 Å². The second-order valence-electron chi connectivity index (χ2n) is 11.3. The summed E-state index contributed by atoms with van der Waals surface area (Å²) in [6.07, 6.45) is 14.2. The van der Waals surface area contributed by atoms with Crippen LogP contribution in [-0.4, -0.2) is 64.2 Å². The monoisotopic (exact) mass is 498 g/mol. The second kappa shape index (κ2) is 15.2. The summed E-state index contributed by atoms with van der Waals surface area (Å²) in [6, 6.07) is 8.93. The van der Waals surface area contributed by atoms with Crippen LogP contribution in [0.25, 0.3) is 0 Å². The molecule has 1 aromatic carbocycles. The number of carbonyl (C=O) groups is 1. The van der Waals surface area contributed by atoms with Crippen LogP contribution in [-0.2, 0) is 9.53 Å². The average Bonchev–Trinajstić information content (AvgIpc) is 2.84. The molecule has 0 aromatic heterocycles. The van der Waals surface area contributed by atoms with E-state index in [1.807, 2.05) is 11.8 Å². The standard InChI is InChI=1S/C31H52N3O2/c1-8-10-21-33(29-17-14-18-30(23-29)34(5,6)7)31(35)25-32-24-28(20-19-26(32)3)16-13-12-15-27(4)36-22-11-9-2/h12-15,17-18,23,26,28H,8-11,16,19-22,24-25H2,1-7H3/q+1/b13-12+,27-15+. The number of piperidine rings is 1. The zero-order valence-corrected chi connectivity index (χ0v) is 24.1. The molecule has 0 radical (unpaired) electrons. The average molecular weight is 499 g/mol. The zero-order chi connectivity index (χ0) is 26.6. The number of hydrogen-bond donors (Lipinski definition) is 0. The van der Waals surface area contributed by atoms with Crippen LogP contribution in [0.5, 0.6) is 0 Å². The molecule has 1 aliphatic heterocycles. The number of quaternary nitrogens is 1. The maximum Gasteiger partial charge on any atom is 0.241 e. The molecule has 2 rings (SSSR count). The molecule has 1 amide bonds. The first kappa shape index (κ1) is 30.1. The van der Waals surface area contributed by atoms with Gasteiger partial charge in [-0.2, -0.15) is 0 Å². The first-order chi connectivity index (χ1) is 17.2. The van der Waals surface area contributed by atoms with Crippen molar-refractivity contribution < 1.29 is 9.53 Å². The van der Waals surface area contributed by atoms with Crippen molar-refractivity contribution >= 4 is 17.3 Å². The van der Waals surface area contributed by atoms with Crippen LogP contribution in [0.1, 0.15) is 72.6 Å². The van der Waals surface area contributed by atoms with Crippen molar-refractivity contribution in [2.24, 2.45) is 5.92 Å². The van der Waals surface area contributed by atoms with Gasteiger partial charge in [0.05, 0.1) is 40.1 Å². The molecule has 5 nitrogen and oxygen atoms in total. The van der Waals surface area contributed by atoms with Crippen molar-refractivity contribution in [3.05, 3.63) is 48.3 Å². The summed E-state index contributed by atoms with van der Waals surface area (Å²) in [5.41, 5.74) is 2.23. The van der Waals surface area contributed by atoms with Crippen LogP contribution in [0.15, 0.2) is 48.3 Å². The number of carbonyl (C=O) groups excluding carboxylic acids is 1. The number of benzene rings is 1. The molecular weight excluding hydrogens is 446 g/mol. The SMILES string of the molecule is CCCCO/C(C)=C/C=C/CC1CCC(C)N(CC(=O)N(CCCC)c2cccc([N+](C)(C)C)c2)C1. The van der Waals surface area contributed by atoms with E-state index in [1.54, 1.807) is 0 Å². The van der Waals surface area contributed by atoms with E-state index in [2.05, 4.69) is 89.3 Å². The van der Waals surface area contributed by atoms with Gasteiger partial charge in [-0.25, -0.2) is 0 Å². The highest BCUT2D eigenvalue weighted by Gasteiger charge is 2.28. The van der Waals surface area contributed by atoms with E-state index in [1.165, 1.54) is 12.1 Å². The number of anilines is 1. The van der Waals surface area contributed by atoms with E-state index in [0.717, 1.165) is 74.2 Å². The summed E-state index contributed by atoms with van der Waals surface area (Å²) in [6.45, 7) is 11.7. The lowest BCUT2D eigenvalue weighted by molar-refractivity contribution is -0.120. The minimum atomic E-state index is 0.216. The molecule has 36 heavy (non-hydrogen) atoms. The highest BCUT2D eigenvalue weighted by Crippen LogP contribution is 2.27. The van der Waals surface area contributed by atoms with Gasteiger partial charge in [0.15, 0.2) is 0 Å². The third-order valence-corrected chi connectivity index (χ3v) is 7.16. The highest BCUT2D eigenvalue weighted by molar-refractivity contribution is 5.95. The van der Waals surface area contributed by atoms with Crippen LogP contribution in [0.2, 0.25) is 0 Å². The Morgan fingerprint density at radius 1 is 1.17 bits per heavy atom. The van der Waals surface area contributed by atoms with Gasteiger partial charge >= 0.3 is 0 Å². The van der Waals surface area contributed by atoms with Gasteiger partial charge in [0, 0.05) is 30.9 Å². The minimum absolute atomic E-state index is 0.216. The lowest BCUT2D eigenvalue weighted by Crippen LogP contribution is -2.48. The van der Waals surface area contributed by atoms with Crippen molar-refractivity contribution in [2.75, 3.05) is 52.3 Å². The van der Waals surface area contributed by atoms with Crippen LogP contribution < -0.4 is 9.38 Å². The molecule has 0 spiro atoms. The maximum absolute atomic E-state index is 13.6. The van der Waals surface area contributed by atoms with E-state index in [-0.39, 0.29) is 5.91 Å². The van der Waals surface area contributed by atoms with E-state index in [0.29, 0.717) is 18.5 Å². The Labute approximate surface area is 221 Å². The molecule has 1 heterocycles. The van der Waals surface area contributed by atoms with Crippen molar-refractivity contribution in [2.45, 2.75) is 78.7 Å². The molecule has 1 aliphatic rings. The number of allylic oxidation sites excluding steroid dienone is 4. The molecule has 0 saturated carbocycles. The number of nitrogens with zero attached hydrogens (tertiary/aromatic N) is 3. The summed E-state index contributed by atoms with van der Waals surface area (Å²) in [5, 5.41) is 0. The molecule has 1 fully saturated rings. The van der Waals surface area contributed by atoms with Crippen molar-refractivity contribution in [1.29, 1.82) is 0 Å². The molecule has 1 aromatic rings. The third-order valence-electron chi connectivity index (χ3n) is 7.16. The molecule has 202 valence electrons. The van der Waals surface area contributed by atoms with Crippen molar-refractivity contribution in [3.63, 3.8) is 0 Å². The zero-order valence-electron chi connectivity index (χ0n) is 24.1.